The van der Waals surface area contributed by atoms with Crippen molar-refractivity contribution in [3.63, 3.8) is 0 Å². The number of carbonyl (C=O) groups is 1. The van der Waals surface area contributed by atoms with Crippen molar-refractivity contribution in [3.05, 3.63) is 40.1 Å². The maximum Gasteiger partial charge on any atom is 0.286 e. The Kier molecular flexibility index (Phi) is 3.35. The number of rotatable bonds is 3. The molecule has 10 heteroatoms. The highest BCUT2D eigenvalue weighted by Crippen LogP contribution is 2.21. The average molecular weight is 308 g/mol. The summed E-state index contributed by atoms with van der Waals surface area (Å²) in [4.78, 5) is 12.0. The summed E-state index contributed by atoms with van der Waals surface area (Å²) in [6.07, 6.45) is 1.44. The van der Waals surface area contributed by atoms with Crippen LogP contribution in [0.25, 0.3) is 5.69 Å². The van der Waals surface area contributed by atoms with Crippen LogP contribution in [0, 0.1) is 0 Å². The SMILES string of the molecule is O=C(Nc1ccccc1-n1cnnn1)c1nnc(Cl)s1. The predicted octanol–water partition coefficient (Wildman–Crippen LogP) is 1.42. The van der Waals surface area contributed by atoms with Gasteiger partial charge >= 0.3 is 0 Å². The summed E-state index contributed by atoms with van der Waals surface area (Å²) in [7, 11) is 0. The van der Waals surface area contributed by atoms with Crippen molar-refractivity contribution in [1.29, 1.82) is 0 Å². The third kappa shape index (κ3) is 2.49. The molecule has 0 saturated heterocycles. The van der Waals surface area contributed by atoms with Crippen LogP contribution in [0.1, 0.15) is 9.80 Å². The number of amides is 1. The zero-order valence-corrected chi connectivity index (χ0v) is 11.3. The number of nitrogens with zero attached hydrogens (tertiary/aromatic N) is 6. The van der Waals surface area contributed by atoms with Crippen LogP contribution >= 0.6 is 22.9 Å². The molecule has 1 N–H and O–H groups in total. The van der Waals surface area contributed by atoms with Crippen molar-refractivity contribution < 1.29 is 4.79 Å². The molecule has 0 aliphatic carbocycles. The van der Waals surface area contributed by atoms with Crippen molar-refractivity contribution in [3.8, 4) is 5.69 Å². The molecule has 100 valence electrons. The molecule has 2 heterocycles. The lowest BCUT2D eigenvalue weighted by Crippen LogP contribution is -2.13. The molecule has 0 aliphatic rings. The molecule has 8 nitrogen and oxygen atoms in total. The van der Waals surface area contributed by atoms with Crippen molar-refractivity contribution in [1.82, 2.24) is 30.4 Å². The van der Waals surface area contributed by atoms with E-state index in [9.17, 15) is 4.79 Å². The van der Waals surface area contributed by atoms with Gasteiger partial charge in [0.25, 0.3) is 5.91 Å². The van der Waals surface area contributed by atoms with Crippen LogP contribution in [0.2, 0.25) is 4.47 Å². The minimum Gasteiger partial charge on any atom is -0.318 e. The number of halogens is 1. The minimum atomic E-state index is -0.394. The van der Waals surface area contributed by atoms with Gasteiger partial charge in [0.15, 0.2) is 0 Å². The largest absolute Gasteiger partial charge is 0.318 e. The second kappa shape index (κ2) is 5.31. The summed E-state index contributed by atoms with van der Waals surface area (Å²) in [5.41, 5.74) is 1.19. The van der Waals surface area contributed by atoms with Gasteiger partial charge in [-0.1, -0.05) is 23.5 Å². The molecule has 3 rings (SSSR count). The normalized spacial score (nSPS) is 10.4. The third-order valence-corrected chi connectivity index (χ3v) is 3.36. The molecular weight excluding hydrogens is 302 g/mol. The number of hydrogen-bond acceptors (Lipinski definition) is 7. The number of hydrogen-bond donors (Lipinski definition) is 1. The number of anilines is 1. The fourth-order valence-electron chi connectivity index (χ4n) is 1.52. The zero-order valence-electron chi connectivity index (χ0n) is 9.76. The zero-order chi connectivity index (χ0) is 13.9. The van der Waals surface area contributed by atoms with E-state index in [2.05, 4.69) is 31.0 Å². The molecule has 0 spiro atoms. The van der Waals surface area contributed by atoms with E-state index in [1.807, 2.05) is 6.07 Å². The van der Waals surface area contributed by atoms with Crippen LogP contribution in [0.15, 0.2) is 30.6 Å². The van der Waals surface area contributed by atoms with E-state index in [0.29, 0.717) is 11.4 Å². The van der Waals surface area contributed by atoms with E-state index in [4.69, 9.17) is 11.6 Å². The molecule has 0 atom stereocenters. The second-order valence-electron chi connectivity index (χ2n) is 3.59. The van der Waals surface area contributed by atoms with Gasteiger partial charge in [0.2, 0.25) is 9.47 Å². The van der Waals surface area contributed by atoms with Crippen molar-refractivity contribution in [2.24, 2.45) is 0 Å². The number of tetrazole rings is 1. The third-order valence-electron chi connectivity index (χ3n) is 2.34. The Bertz CT molecular complexity index is 742. The molecule has 0 saturated carbocycles. The first-order valence-electron chi connectivity index (χ1n) is 5.37. The molecule has 0 fully saturated rings. The quantitative estimate of drug-likeness (QED) is 0.785. The van der Waals surface area contributed by atoms with Gasteiger partial charge in [0, 0.05) is 0 Å². The Morgan fingerprint density at radius 3 is 2.85 bits per heavy atom. The van der Waals surface area contributed by atoms with E-state index in [-0.39, 0.29) is 9.47 Å². The highest BCUT2D eigenvalue weighted by molar-refractivity contribution is 7.17. The smallest absolute Gasteiger partial charge is 0.286 e. The maximum atomic E-state index is 12.0. The number of aromatic nitrogens is 6. The fraction of sp³-hybridized carbons (Fsp3) is 0. The molecule has 0 aliphatic heterocycles. The molecule has 0 bridgehead atoms. The lowest BCUT2D eigenvalue weighted by Gasteiger charge is -2.08. The Hall–Kier alpha value is -2.39. The number of benzene rings is 1. The Balaban J connectivity index is 1.90. The highest BCUT2D eigenvalue weighted by Gasteiger charge is 2.14. The van der Waals surface area contributed by atoms with Gasteiger partial charge < -0.3 is 5.32 Å². The van der Waals surface area contributed by atoms with E-state index in [1.165, 1.54) is 11.0 Å². The maximum absolute atomic E-state index is 12.0. The summed E-state index contributed by atoms with van der Waals surface area (Å²) in [6, 6.07) is 7.11. The van der Waals surface area contributed by atoms with Crippen molar-refractivity contribution in [2.45, 2.75) is 0 Å². The first-order valence-corrected chi connectivity index (χ1v) is 6.56. The van der Waals surface area contributed by atoms with Crippen LogP contribution in [0.4, 0.5) is 5.69 Å². The van der Waals surface area contributed by atoms with E-state index in [1.54, 1.807) is 18.2 Å². The molecule has 20 heavy (non-hydrogen) atoms. The summed E-state index contributed by atoms with van der Waals surface area (Å²) < 4.78 is 1.66. The standard InChI is InChI=1S/C10H6ClN7OS/c11-10-15-14-9(20-10)8(19)13-6-3-1-2-4-7(6)18-5-12-16-17-18/h1-5H,(H,13,19). The van der Waals surface area contributed by atoms with Gasteiger partial charge in [-0.05, 0) is 34.2 Å². The number of para-hydroxylation sites is 2. The molecule has 1 aromatic carbocycles. The molecule has 1 amide bonds. The average Bonchev–Trinajstić information content (AvgIpc) is 3.10. The van der Waals surface area contributed by atoms with Crippen LogP contribution in [-0.4, -0.2) is 36.3 Å². The topological polar surface area (TPSA) is 98.5 Å². The van der Waals surface area contributed by atoms with Crippen molar-refractivity contribution >= 4 is 34.5 Å². The van der Waals surface area contributed by atoms with Gasteiger partial charge in [-0.15, -0.1) is 15.3 Å². The first-order chi connectivity index (χ1) is 9.74. The van der Waals surface area contributed by atoms with Gasteiger partial charge in [-0.2, -0.15) is 4.68 Å². The molecule has 0 unspecified atom stereocenters. The highest BCUT2D eigenvalue weighted by atomic mass is 35.5. The Labute approximate surface area is 121 Å². The van der Waals surface area contributed by atoms with Crippen molar-refractivity contribution in [2.75, 3.05) is 5.32 Å². The lowest BCUT2D eigenvalue weighted by molar-refractivity contribution is 0.102. The minimum absolute atomic E-state index is 0.182. The molecule has 0 radical (unpaired) electrons. The van der Waals surface area contributed by atoms with E-state index in [0.717, 1.165) is 11.3 Å². The summed E-state index contributed by atoms with van der Waals surface area (Å²) in [5, 5.41) is 21.1. The van der Waals surface area contributed by atoms with Gasteiger partial charge in [0.05, 0.1) is 11.4 Å². The van der Waals surface area contributed by atoms with Gasteiger partial charge in [-0.3, -0.25) is 4.79 Å². The number of carbonyl (C=O) groups excluding carboxylic acids is 1. The first kappa shape index (κ1) is 12.6. The Morgan fingerprint density at radius 2 is 2.15 bits per heavy atom. The van der Waals surface area contributed by atoms with E-state index >= 15 is 0 Å². The van der Waals surface area contributed by atoms with Crippen LogP contribution in [-0.2, 0) is 0 Å². The molecule has 3 aromatic rings. The Morgan fingerprint density at radius 1 is 1.30 bits per heavy atom. The monoisotopic (exact) mass is 307 g/mol. The van der Waals surface area contributed by atoms with E-state index < -0.39 is 5.91 Å². The number of nitrogens with one attached hydrogen (secondary N) is 1. The summed E-state index contributed by atoms with van der Waals surface area (Å²) in [6.45, 7) is 0. The van der Waals surface area contributed by atoms with Crippen LogP contribution in [0.5, 0.6) is 0 Å². The summed E-state index contributed by atoms with van der Waals surface area (Å²) in [5.74, 6) is -0.394. The van der Waals surface area contributed by atoms with Crippen LogP contribution < -0.4 is 5.32 Å². The lowest BCUT2D eigenvalue weighted by atomic mass is 10.2. The molecule has 2 aromatic heterocycles. The van der Waals surface area contributed by atoms with Crippen LogP contribution in [0.3, 0.4) is 0 Å². The van der Waals surface area contributed by atoms with Gasteiger partial charge in [0.1, 0.15) is 6.33 Å². The fourth-order valence-corrected chi connectivity index (χ4v) is 2.25. The second-order valence-corrected chi connectivity index (χ2v) is 5.15. The summed E-state index contributed by atoms with van der Waals surface area (Å²) >= 11 is 6.66. The molecular formula is C10H6ClN7OS. The predicted molar refractivity (Wildman–Crippen MR) is 72.0 cm³/mol. The van der Waals surface area contributed by atoms with Gasteiger partial charge in [-0.25, -0.2) is 0 Å².